The highest BCUT2D eigenvalue weighted by atomic mass is 35.5. The van der Waals surface area contributed by atoms with Crippen LogP contribution in [0.3, 0.4) is 0 Å². The van der Waals surface area contributed by atoms with Crippen LogP contribution in [0.1, 0.15) is 13.3 Å². The van der Waals surface area contributed by atoms with Gasteiger partial charge in [0, 0.05) is 17.1 Å². The Bertz CT molecular complexity index is 632. The highest BCUT2D eigenvalue weighted by molar-refractivity contribution is 6.37. The van der Waals surface area contributed by atoms with Gasteiger partial charge in [0.1, 0.15) is 11.6 Å². The minimum atomic E-state index is -0.476. The fraction of sp³-hybridized carbons (Fsp3) is 0.214. The molecule has 0 aliphatic rings. The van der Waals surface area contributed by atoms with Crippen LogP contribution >= 0.6 is 34.8 Å². The van der Waals surface area contributed by atoms with Gasteiger partial charge < -0.3 is 5.32 Å². The van der Waals surface area contributed by atoms with E-state index in [0.29, 0.717) is 26.6 Å². The molecule has 0 spiro atoms. The van der Waals surface area contributed by atoms with Crippen LogP contribution in [0.2, 0.25) is 15.1 Å². The number of hydrogen-bond acceptors (Lipinski definition) is 2. The SMILES string of the molecule is CCCNc1nc(-c2ccc(Cl)cc2F)c(Cl)cc1Cl. The van der Waals surface area contributed by atoms with Crippen molar-refractivity contribution in [3.05, 3.63) is 45.2 Å². The molecule has 106 valence electrons. The smallest absolute Gasteiger partial charge is 0.145 e. The zero-order valence-electron chi connectivity index (χ0n) is 10.7. The monoisotopic (exact) mass is 332 g/mol. The van der Waals surface area contributed by atoms with Crippen LogP contribution in [0.25, 0.3) is 11.3 Å². The van der Waals surface area contributed by atoms with Crippen LogP contribution in [-0.2, 0) is 0 Å². The molecule has 0 saturated heterocycles. The summed E-state index contributed by atoms with van der Waals surface area (Å²) in [6, 6.07) is 5.91. The van der Waals surface area contributed by atoms with E-state index in [2.05, 4.69) is 10.3 Å². The largest absolute Gasteiger partial charge is 0.369 e. The average molecular weight is 334 g/mol. The zero-order valence-corrected chi connectivity index (χ0v) is 13.0. The predicted octanol–water partition coefficient (Wildman–Crippen LogP) is 5.67. The van der Waals surface area contributed by atoms with Crippen molar-refractivity contribution in [1.29, 1.82) is 0 Å². The van der Waals surface area contributed by atoms with Crippen LogP contribution in [0.5, 0.6) is 0 Å². The van der Waals surface area contributed by atoms with Crippen molar-refractivity contribution >= 4 is 40.6 Å². The molecule has 0 amide bonds. The molecule has 0 atom stereocenters. The van der Waals surface area contributed by atoms with Crippen LogP contribution in [0, 0.1) is 5.82 Å². The van der Waals surface area contributed by atoms with Gasteiger partial charge in [-0.3, -0.25) is 0 Å². The second-order valence-electron chi connectivity index (χ2n) is 4.20. The number of benzene rings is 1. The summed E-state index contributed by atoms with van der Waals surface area (Å²) in [4.78, 5) is 4.31. The van der Waals surface area contributed by atoms with Crippen LogP contribution in [-0.4, -0.2) is 11.5 Å². The summed E-state index contributed by atoms with van der Waals surface area (Å²) >= 11 is 17.9. The summed E-state index contributed by atoms with van der Waals surface area (Å²) in [6.07, 6.45) is 0.922. The molecule has 0 saturated carbocycles. The lowest BCUT2D eigenvalue weighted by molar-refractivity contribution is 0.631. The van der Waals surface area contributed by atoms with E-state index in [1.54, 1.807) is 18.2 Å². The molecule has 2 rings (SSSR count). The molecule has 1 N–H and O–H groups in total. The van der Waals surface area contributed by atoms with Crippen molar-refractivity contribution in [1.82, 2.24) is 4.98 Å². The van der Waals surface area contributed by atoms with Crippen LogP contribution in [0.15, 0.2) is 24.3 Å². The molecule has 20 heavy (non-hydrogen) atoms. The number of nitrogens with one attached hydrogen (secondary N) is 1. The number of anilines is 1. The van der Waals surface area contributed by atoms with E-state index >= 15 is 0 Å². The first-order chi connectivity index (χ1) is 9.52. The molecule has 1 aromatic carbocycles. The van der Waals surface area contributed by atoms with Gasteiger partial charge in [-0.25, -0.2) is 9.37 Å². The quantitative estimate of drug-likeness (QED) is 0.779. The minimum Gasteiger partial charge on any atom is -0.369 e. The Balaban J connectivity index is 2.50. The van der Waals surface area contributed by atoms with Gasteiger partial charge in [-0.2, -0.15) is 0 Å². The molecule has 2 nitrogen and oxygen atoms in total. The van der Waals surface area contributed by atoms with Gasteiger partial charge in [-0.05, 0) is 30.7 Å². The third kappa shape index (κ3) is 3.35. The summed E-state index contributed by atoms with van der Waals surface area (Å²) in [5.74, 6) is 0.0120. The topological polar surface area (TPSA) is 24.9 Å². The Kier molecular flexibility index (Phi) is 5.08. The molecular formula is C14H12Cl3FN2. The van der Waals surface area contributed by atoms with Crippen molar-refractivity contribution in [2.24, 2.45) is 0 Å². The second kappa shape index (κ2) is 6.61. The van der Waals surface area contributed by atoms with Gasteiger partial charge in [-0.15, -0.1) is 0 Å². The number of pyridine rings is 1. The lowest BCUT2D eigenvalue weighted by Gasteiger charge is -2.11. The molecular weight excluding hydrogens is 322 g/mol. The summed E-state index contributed by atoms with van der Waals surface area (Å²) in [7, 11) is 0. The molecule has 1 aromatic heterocycles. The fourth-order valence-corrected chi connectivity index (χ4v) is 2.39. The Labute approximate surface area is 131 Å². The molecule has 0 radical (unpaired) electrons. The first kappa shape index (κ1) is 15.4. The van der Waals surface area contributed by atoms with Gasteiger partial charge in [0.15, 0.2) is 0 Å². The number of halogens is 4. The van der Waals surface area contributed by atoms with Crippen molar-refractivity contribution in [2.75, 3.05) is 11.9 Å². The Morgan fingerprint density at radius 1 is 1.15 bits per heavy atom. The molecule has 6 heteroatoms. The lowest BCUT2D eigenvalue weighted by Crippen LogP contribution is -2.04. The average Bonchev–Trinajstić information content (AvgIpc) is 2.39. The first-order valence-corrected chi connectivity index (χ1v) is 7.21. The van der Waals surface area contributed by atoms with E-state index in [1.807, 2.05) is 6.92 Å². The molecule has 0 aliphatic heterocycles. The Hall–Kier alpha value is -1.03. The normalized spacial score (nSPS) is 10.7. The number of aromatic nitrogens is 1. The number of nitrogens with zero attached hydrogens (tertiary/aromatic N) is 1. The van der Waals surface area contributed by atoms with E-state index in [-0.39, 0.29) is 5.56 Å². The highest BCUT2D eigenvalue weighted by Gasteiger charge is 2.14. The maximum absolute atomic E-state index is 14.0. The van der Waals surface area contributed by atoms with Gasteiger partial charge in [0.25, 0.3) is 0 Å². The summed E-state index contributed by atoms with van der Waals surface area (Å²) in [5, 5.41) is 4.09. The molecule has 0 bridgehead atoms. The molecule has 0 aliphatic carbocycles. The predicted molar refractivity (Wildman–Crippen MR) is 83.4 cm³/mol. The molecule has 2 aromatic rings. The van der Waals surface area contributed by atoms with Gasteiger partial charge in [0.05, 0.1) is 15.7 Å². The van der Waals surface area contributed by atoms with Crippen molar-refractivity contribution in [3.8, 4) is 11.3 Å². The van der Waals surface area contributed by atoms with E-state index in [9.17, 15) is 4.39 Å². The van der Waals surface area contributed by atoms with Gasteiger partial charge in [0.2, 0.25) is 0 Å². The van der Waals surface area contributed by atoms with Gasteiger partial charge in [-0.1, -0.05) is 41.7 Å². The Morgan fingerprint density at radius 3 is 2.55 bits per heavy atom. The molecule has 0 unspecified atom stereocenters. The number of rotatable bonds is 4. The van der Waals surface area contributed by atoms with Crippen LogP contribution in [0.4, 0.5) is 10.2 Å². The lowest BCUT2D eigenvalue weighted by atomic mass is 10.1. The maximum atomic E-state index is 14.0. The van der Waals surface area contributed by atoms with E-state index in [4.69, 9.17) is 34.8 Å². The minimum absolute atomic E-state index is 0.288. The zero-order chi connectivity index (χ0) is 14.7. The summed E-state index contributed by atoms with van der Waals surface area (Å²) in [5.41, 5.74) is 0.624. The fourth-order valence-electron chi connectivity index (χ4n) is 1.70. The summed E-state index contributed by atoms with van der Waals surface area (Å²) < 4.78 is 14.0. The van der Waals surface area contributed by atoms with Crippen molar-refractivity contribution < 1.29 is 4.39 Å². The van der Waals surface area contributed by atoms with Gasteiger partial charge >= 0.3 is 0 Å². The van der Waals surface area contributed by atoms with E-state index in [1.165, 1.54) is 6.07 Å². The first-order valence-electron chi connectivity index (χ1n) is 6.08. The Morgan fingerprint density at radius 2 is 1.90 bits per heavy atom. The third-order valence-corrected chi connectivity index (χ3v) is 3.47. The summed E-state index contributed by atoms with van der Waals surface area (Å²) in [6.45, 7) is 2.74. The van der Waals surface area contributed by atoms with Crippen LogP contribution < -0.4 is 5.32 Å². The van der Waals surface area contributed by atoms with E-state index in [0.717, 1.165) is 13.0 Å². The van der Waals surface area contributed by atoms with Crippen molar-refractivity contribution in [3.63, 3.8) is 0 Å². The molecule has 0 fully saturated rings. The third-order valence-electron chi connectivity index (χ3n) is 2.66. The van der Waals surface area contributed by atoms with Crippen molar-refractivity contribution in [2.45, 2.75) is 13.3 Å². The number of hydrogen-bond donors (Lipinski definition) is 1. The molecule has 1 heterocycles. The van der Waals surface area contributed by atoms with E-state index < -0.39 is 5.82 Å². The highest BCUT2D eigenvalue weighted by Crippen LogP contribution is 2.34. The standard InChI is InChI=1S/C14H12Cl3FN2/c1-2-5-19-14-11(17)7-10(16)13(20-14)9-4-3-8(15)6-12(9)18/h3-4,6-7H,2,5H2,1H3,(H,19,20). The maximum Gasteiger partial charge on any atom is 0.145 e. The second-order valence-corrected chi connectivity index (χ2v) is 5.45.